The first-order valence-electron chi connectivity index (χ1n) is 8.31. The summed E-state index contributed by atoms with van der Waals surface area (Å²) in [5.41, 5.74) is 4.26. The predicted molar refractivity (Wildman–Crippen MR) is 109 cm³/mol. The first-order valence-corrected chi connectivity index (χ1v) is 9.68. The summed E-state index contributed by atoms with van der Waals surface area (Å²) in [7, 11) is 0. The Morgan fingerprint density at radius 3 is 2.74 bits per heavy atom. The summed E-state index contributed by atoms with van der Waals surface area (Å²) in [6, 6.07) is 19.0. The molecule has 4 nitrogen and oxygen atoms in total. The van der Waals surface area contributed by atoms with E-state index in [-0.39, 0.29) is 11.5 Å². The van der Waals surface area contributed by atoms with Crippen LogP contribution in [-0.4, -0.2) is 20.9 Å². The van der Waals surface area contributed by atoms with Gasteiger partial charge in [-0.3, -0.25) is 9.20 Å². The van der Waals surface area contributed by atoms with E-state index >= 15 is 0 Å². The van der Waals surface area contributed by atoms with Gasteiger partial charge in [0.1, 0.15) is 6.07 Å². The van der Waals surface area contributed by atoms with Gasteiger partial charge >= 0.3 is 0 Å². The van der Waals surface area contributed by atoms with Gasteiger partial charge in [-0.15, -0.1) is 0 Å². The van der Waals surface area contributed by atoms with Gasteiger partial charge in [0.05, 0.1) is 32.4 Å². The molecule has 132 valence electrons. The number of rotatable bonds is 4. The van der Waals surface area contributed by atoms with Crippen molar-refractivity contribution < 1.29 is 4.79 Å². The van der Waals surface area contributed by atoms with Gasteiger partial charge in [-0.1, -0.05) is 47.6 Å². The van der Waals surface area contributed by atoms with E-state index in [1.165, 1.54) is 11.8 Å². The van der Waals surface area contributed by atoms with Crippen molar-refractivity contribution in [1.29, 1.82) is 5.26 Å². The van der Waals surface area contributed by atoms with E-state index in [4.69, 9.17) is 11.6 Å². The summed E-state index contributed by atoms with van der Waals surface area (Å²) in [6.45, 7) is 1.89. The van der Waals surface area contributed by atoms with E-state index in [0.29, 0.717) is 21.8 Å². The molecule has 4 rings (SSSR count). The van der Waals surface area contributed by atoms with Crippen LogP contribution in [0.1, 0.15) is 21.5 Å². The molecule has 0 amide bonds. The van der Waals surface area contributed by atoms with Crippen LogP contribution in [0.3, 0.4) is 0 Å². The van der Waals surface area contributed by atoms with Gasteiger partial charge in [0, 0.05) is 5.56 Å². The number of carbonyl (C=O) groups is 1. The van der Waals surface area contributed by atoms with Crippen molar-refractivity contribution in [3.8, 4) is 6.07 Å². The zero-order valence-corrected chi connectivity index (χ0v) is 16.0. The van der Waals surface area contributed by atoms with Gasteiger partial charge in [0.15, 0.2) is 11.4 Å². The minimum Gasteiger partial charge on any atom is -0.293 e. The first-order chi connectivity index (χ1) is 13.1. The summed E-state index contributed by atoms with van der Waals surface area (Å²) >= 11 is 7.56. The molecule has 0 aliphatic carbocycles. The number of Topliss-reactive ketones (excluding diaryl/α,β-unsaturated/α-hetero) is 1. The standard InChI is InChI=1S/C21H14ClN3OS/c1-13-10-20(27-12-19(26)14-6-2-3-7-16(14)22)25-18-9-5-4-8-17(18)24-21(25)15(13)11-23/h2-10H,12H2,1H3. The van der Waals surface area contributed by atoms with Gasteiger partial charge in [-0.2, -0.15) is 5.26 Å². The molecule has 0 radical (unpaired) electrons. The van der Waals surface area contributed by atoms with Crippen molar-refractivity contribution in [2.24, 2.45) is 0 Å². The number of hydrogen-bond acceptors (Lipinski definition) is 4. The molecule has 27 heavy (non-hydrogen) atoms. The number of halogens is 1. The molecule has 4 aromatic rings. The Morgan fingerprint density at radius 1 is 1.22 bits per heavy atom. The molecule has 0 N–H and O–H groups in total. The van der Waals surface area contributed by atoms with Crippen LogP contribution < -0.4 is 0 Å². The lowest BCUT2D eigenvalue weighted by Crippen LogP contribution is -2.05. The number of hydrogen-bond donors (Lipinski definition) is 0. The van der Waals surface area contributed by atoms with Gasteiger partial charge in [-0.25, -0.2) is 4.98 Å². The van der Waals surface area contributed by atoms with E-state index in [2.05, 4.69) is 11.1 Å². The number of nitrogens with zero attached hydrogens (tertiary/aromatic N) is 3. The Morgan fingerprint density at radius 2 is 1.96 bits per heavy atom. The molecule has 0 saturated carbocycles. The molecule has 2 aromatic carbocycles. The number of para-hydroxylation sites is 2. The number of fused-ring (bicyclic) bond motifs is 3. The Bertz CT molecular complexity index is 1240. The third kappa shape index (κ3) is 3.08. The number of benzene rings is 2. The first kappa shape index (κ1) is 17.6. The maximum absolute atomic E-state index is 12.6. The van der Waals surface area contributed by atoms with Crippen LogP contribution in [0.5, 0.6) is 0 Å². The van der Waals surface area contributed by atoms with Crippen molar-refractivity contribution in [1.82, 2.24) is 9.38 Å². The summed E-state index contributed by atoms with van der Waals surface area (Å²) in [4.78, 5) is 17.2. The van der Waals surface area contributed by atoms with E-state index in [9.17, 15) is 10.1 Å². The third-order valence-electron chi connectivity index (χ3n) is 4.38. The van der Waals surface area contributed by atoms with Gasteiger partial charge in [0.25, 0.3) is 0 Å². The summed E-state index contributed by atoms with van der Waals surface area (Å²) in [5, 5.41) is 10.9. The highest BCUT2D eigenvalue weighted by atomic mass is 35.5. The molecular weight excluding hydrogens is 378 g/mol. The minimum atomic E-state index is -0.0369. The van der Waals surface area contributed by atoms with E-state index < -0.39 is 0 Å². The lowest BCUT2D eigenvalue weighted by molar-refractivity contribution is 0.102. The SMILES string of the molecule is Cc1cc(SCC(=O)c2ccccc2Cl)n2c(nc3ccccc32)c1C#N. The average Bonchev–Trinajstić information content (AvgIpc) is 3.05. The molecule has 0 aliphatic heterocycles. The number of thioether (sulfide) groups is 1. The van der Waals surface area contributed by atoms with E-state index in [1.807, 2.05) is 41.7 Å². The highest BCUT2D eigenvalue weighted by Gasteiger charge is 2.17. The van der Waals surface area contributed by atoms with Crippen LogP contribution in [0.2, 0.25) is 5.02 Å². The monoisotopic (exact) mass is 391 g/mol. The zero-order valence-electron chi connectivity index (χ0n) is 14.4. The molecule has 6 heteroatoms. The lowest BCUT2D eigenvalue weighted by atomic mass is 10.1. The second-order valence-electron chi connectivity index (χ2n) is 6.10. The number of nitriles is 1. The Hall–Kier alpha value is -2.81. The number of carbonyl (C=O) groups excluding carboxylic acids is 1. The number of pyridine rings is 1. The lowest BCUT2D eigenvalue weighted by Gasteiger charge is -2.10. The van der Waals surface area contributed by atoms with Gasteiger partial charge < -0.3 is 0 Å². The topological polar surface area (TPSA) is 58.2 Å². The fourth-order valence-corrected chi connectivity index (χ4v) is 4.31. The molecule has 0 fully saturated rings. The molecule has 0 saturated heterocycles. The molecule has 0 spiro atoms. The second-order valence-corrected chi connectivity index (χ2v) is 7.51. The van der Waals surface area contributed by atoms with Crippen molar-refractivity contribution in [2.45, 2.75) is 11.9 Å². The van der Waals surface area contributed by atoms with Crippen molar-refractivity contribution in [3.05, 3.63) is 76.3 Å². The minimum absolute atomic E-state index is 0.0369. The number of aromatic nitrogens is 2. The van der Waals surface area contributed by atoms with Gasteiger partial charge in [-0.05, 0) is 42.8 Å². The number of imidazole rings is 1. The summed E-state index contributed by atoms with van der Waals surface area (Å²) in [6.07, 6.45) is 0. The molecule has 2 heterocycles. The van der Waals surface area contributed by atoms with Crippen molar-refractivity contribution in [3.63, 3.8) is 0 Å². The second kappa shape index (κ2) is 7.07. The van der Waals surface area contributed by atoms with Crippen LogP contribution in [0.4, 0.5) is 0 Å². The maximum Gasteiger partial charge on any atom is 0.174 e. The van der Waals surface area contributed by atoms with Crippen LogP contribution in [0.15, 0.2) is 59.6 Å². The van der Waals surface area contributed by atoms with Gasteiger partial charge in [0.2, 0.25) is 0 Å². The molecule has 0 atom stereocenters. The fraction of sp³-hybridized carbons (Fsp3) is 0.0952. The normalized spacial score (nSPS) is 11.0. The largest absolute Gasteiger partial charge is 0.293 e. The molecule has 0 bridgehead atoms. The fourth-order valence-electron chi connectivity index (χ4n) is 3.06. The zero-order chi connectivity index (χ0) is 19.0. The molecular formula is C21H14ClN3OS. The van der Waals surface area contributed by atoms with Crippen molar-refractivity contribution >= 4 is 45.8 Å². The smallest absolute Gasteiger partial charge is 0.174 e. The quantitative estimate of drug-likeness (QED) is 0.350. The third-order valence-corrected chi connectivity index (χ3v) is 5.71. The molecule has 2 aromatic heterocycles. The Labute approximate surface area is 165 Å². The average molecular weight is 392 g/mol. The van der Waals surface area contributed by atoms with Crippen LogP contribution in [0, 0.1) is 18.3 Å². The van der Waals surface area contributed by atoms with Crippen molar-refractivity contribution in [2.75, 3.05) is 5.75 Å². The molecule has 0 unspecified atom stereocenters. The Balaban J connectivity index is 1.79. The maximum atomic E-state index is 12.6. The predicted octanol–water partition coefficient (Wildman–Crippen LogP) is 5.30. The number of aryl methyl sites for hydroxylation is 1. The van der Waals surface area contributed by atoms with E-state index in [1.54, 1.807) is 24.3 Å². The summed E-state index contributed by atoms with van der Waals surface area (Å²) < 4.78 is 1.95. The molecule has 0 aliphatic rings. The highest BCUT2D eigenvalue weighted by molar-refractivity contribution is 8.00. The van der Waals surface area contributed by atoms with Crippen LogP contribution >= 0.6 is 23.4 Å². The van der Waals surface area contributed by atoms with Crippen LogP contribution in [0.25, 0.3) is 16.7 Å². The number of ketones is 1. The van der Waals surface area contributed by atoms with E-state index in [0.717, 1.165) is 21.6 Å². The summed E-state index contributed by atoms with van der Waals surface area (Å²) in [5.74, 6) is 0.210. The van der Waals surface area contributed by atoms with Crippen LogP contribution in [-0.2, 0) is 0 Å². The Kier molecular flexibility index (Phi) is 4.61. The highest BCUT2D eigenvalue weighted by Crippen LogP contribution is 2.30.